The molecule has 0 N–H and O–H groups in total. The second-order valence-corrected chi connectivity index (χ2v) is 4.70. The number of nitrogens with zero attached hydrogens (tertiary/aromatic N) is 3. The highest BCUT2D eigenvalue weighted by molar-refractivity contribution is 9.10. The molecule has 1 rings (SSSR count). The van der Waals surface area contributed by atoms with Gasteiger partial charge in [-0.3, -0.25) is 9.58 Å². The third-order valence-electron chi connectivity index (χ3n) is 2.48. The van der Waals surface area contributed by atoms with E-state index in [1.165, 1.54) is 5.69 Å². The zero-order valence-corrected chi connectivity index (χ0v) is 11.8. The Morgan fingerprint density at radius 3 is 2.60 bits per heavy atom. The molecule has 0 saturated carbocycles. The molecule has 0 amide bonds. The van der Waals surface area contributed by atoms with Crippen molar-refractivity contribution in [1.29, 1.82) is 0 Å². The minimum atomic E-state index is 0.669. The van der Waals surface area contributed by atoms with Crippen molar-refractivity contribution in [2.24, 2.45) is 7.05 Å². The Balaban J connectivity index is 2.78. The summed E-state index contributed by atoms with van der Waals surface area (Å²) in [5.74, 6) is 0.669. The molecule has 0 aromatic carbocycles. The SMILES string of the molecule is CCN(CCCl)Cc1c(Br)c(C)nn1C. The number of hydrogen-bond acceptors (Lipinski definition) is 2. The van der Waals surface area contributed by atoms with Crippen molar-refractivity contribution in [2.45, 2.75) is 20.4 Å². The Bertz CT molecular complexity index is 325. The number of hydrogen-bond donors (Lipinski definition) is 0. The summed E-state index contributed by atoms with van der Waals surface area (Å²) in [6.45, 7) is 6.95. The number of rotatable bonds is 5. The zero-order chi connectivity index (χ0) is 11.4. The van der Waals surface area contributed by atoms with E-state index in [1.807, 2.05) is 18.7 Å². The number of aryl methyl sites for hydroxylation is 2. The molecule has 0 radical (unpaired) electrons. The largest absolute Gasteiger partial charge is 0.297 e. The molecule has 0 bridgehead atoms. The van der Waals surface area contributed by atoms with Gasteiger partial charge in [0.25, 0.3) is 0 Å². The molecule has 0 atom stereocenters. The lowest BCUT2D eigenvalue weighted by Crippen LogP contribution is -2.26. The summed E-state index contributed by atoms with van der Waals surface area (Å²) in [7, 11) is 1.97. The predicted octanol–water partition coefficient (Wildman–Crippen LogP) is 2.55. The lowest BCUT2D eigenvalue weighted by molar-refractivity contribution is 0.288. The first-order chi connectivity index (χ1) is 7.10. The van der Waals surface area contributed by atoms with Crippen LogP contribution in [-0.4, -0.2) is 33.6 Å². The number of halogens is 2. The van der Waals surface area contributed by atoms with Crippen molar-refractivity contribution >= 4 is 27.5 Å². The molecule has 0 fully saturated rings. The van der Waals surface area contributed by atoms with E-state index < -0.39 is 0 Å². The standard InChI is InChI=1S/C10H17BrClN3/c1-4-15(6-5-12)7-9-10(11)8(2)13-14(9)3/h4-7H2,1-3H3. The molecule has 1 aromatic rings. The molecule has 86 valence electrons. The highest BCUT2D eigenvalue weighted by atomic mass is 79.9. The van der Waals surface area contributed by atoms with E-state index >= 15 is 0 Å². The van der Waals surface area contributed by atoms with E-state index in [9.17, 15) is 0 Å². The van der Waals surface area contributed by atoms with E-state index in [0.717, 1.165) is 29.8 Å². The minimum absolute atomic E-state index is 0.669. The molecule has 0 saturated heterocycles. The third kappa shape index (κ3) is 3.20. The molecular formula is C10H17BrClN3. The molecule has 0 aliphatic carbocycles. The first kappa shape index (κ1) is 13.0. The molecular weight excluding hydrogens is 277 g/mol. The normalized spacial score (nSPS) is 11.3. The van der Waals surface area contributed by atoms with Gasteiger partial charge in [0.05, 0.1) is 15.9 Å². The Labute approximate surface area is 105 Å². The van der Waals surface area contributed by atoms with Crippen LogP contribution in [0.1, 0.15) is 18.3 Å². The number of alkyl halides is 1. The third-order valence-corrected chi connectivity index (χ3v) is 3.68. The summed E-state index contributed by atoms with van der Waals surface area (Å²) in [5, 5.41) is 4.37. The fourth-order valence-corrected chi connectivity index (χ4v) is 2.23. The van der Waals surface area contributed by atoms with E-state index in [1.54, 1.807) is 0 Å². The van der Waals surface area contributed by atoms with Gasteiger partial charge in [-0.1, -0.05) is 6.92 Å². The zero-order valence-electron chi connectivity index (χ0n) is 9.43. The summed E-state index contributed by atoms with van der Waals surface area (Å²) in [5.41, 5.74) is 2.24. The van der Waals surface area contributed by atoms with Crippen LogP contribution in [0.15, 0.2) is 4.47 Å². The highest BCUT2D eigenvalue weighted by Crippen LogP contribution is 2.21. The fraction of sp³-hybridized carbons (Fsp3) is 0.700. The monoisotopic (exact) mass is 293 g/mol. The van der Waals surface area contributed by atoms with Gasteiger partial charge in [0.2, 0.25) is 0 Å². The van der Waals surface area contributed by atoms with Crippen LogP contribution in [0.3, 0.4) is 0 Å². The van der Waals surface area contributed by atoms with Crippen molar-refractivity contribution < 1.29 is 0 Å². The van der Waals surface area contributed by atoms with E-state index in [4.69, 9.17) is 11.6 Å². The molecule has 0 unspecified atom stereocenters. The fourth-order valence-electron chi connectivity index (χ4n) is 1.53. The summed E-state index contributed by atoms with van der Waals surface area (Å²) in [6, 6.07) is 0. The maximum atomic E-state index is 5.75. The highest BCUT2D eigenvalue weighted by Gasteiger charge is 2.13. The van der Waals surface area contributed by atoms with Gasteiger partial charge < -0.3 is 0 Å². The molecule has 1 heterocycles. The van der Waals surface area contributed by atoms with Gasteiger partial charge in [-0.15, -0.1) is 11.6 Å². The summed E-state index contributed by atoms with van der Waals surface area (Å²) in [6.07, 6.45) is 0. The maximum Gasteiger partial charge on any atom is 0.0739 e. The van der Waals surface area contributed by atoms with Gasteiger partial charge in [-0.25, -0.2) is 0 Å². The molecule has 0 spiro atoms. The van der Waals surface area contributed by atoms with Crippen molar-refractivity contribution in [1.82, 2.24) is 14.7 Å². The predicted molar refractivity (Wildman–Crippen MR) is 67.3 cm³/mol. The number of aromatic nitrogens is 2. The molecule has 3 nitrogen and oxygen atoms in total. The Hall–Kier alpha value is -0.0600. The summed E-state index contributed by atoms with van der Waals surface area (Å²) >= 11 is 9.32. The smallest absolute Gasteiger partial charge is 0.0739 e. The maximum absolute atomic E-state index is 5.75. The van der Waals surface area contributed by atoms with Gasteiger partial charge in [-0.05, 0) is 29.4 Å². The second kappa shape index (κ2) is 5.87. The van der Waals surface area contributed by atoms with Crippen molar-refractivity contribution in [3.05, 3.63) is 15.9 Å². The second-order valence-electron chi connectivity index (χ2n) is 3.53. The lowest BCUT2D eigenvalue weighted by atomic mass is 10.3. The van der Waals surface area contributed by atoms with E-state index in [0.29, 0.717) is 5.88 Å². The van der Waals surface area contributed by atoms with Gasteiger partial charge in [0.1, 0.15) is 0 Å². The first-order valence-corrected chi connectivity index (χ1v) is 6.39. The summed E-state index contributed by atoms with van der Waals surface area (Å²) < 4.78 is 3.04. The van der Waals surface area contributed by atoms with Crippen LogP contribution in [0.25, 0.3) is 0 Å². The Morgan fingerprint density at radius 1 is 1.53 bits per heavy atom. The molecule has 15 heavy (non-hydrogen) atoms. The molecule has 1 aromatic heterocycles. The van der Waals surface area contributed by atoms with Crippen LogP contribution in [0.4, 0.5) is 0 Å². The van der Waals surface area contributed by atoms with E-state index in [2.05, 4.69) is 32.9 Å². The average molecular weight is 295 g/mol. The Morgan fingerprint density at radius 2 is 2.20 bits per heavy atom. The Kier molecular flexibility index (Phi) is 5.09. The molecule has 0 aliphatic rings. The van der Waals surface area contributed by atoms with Crippen LogP contribution < -0.4 is 0 Å². The van der Waals surface area contributed by atoms with Crippen molar-refractivity contribution in [3.8, 4) is 0 Å². The minimum Gasteiger partial charge on any atom is -0.297 e. The first-order valence-electron chi connectivity index (χ1n) is 5.06. The van der Waals surface area contributed by atoms with Gasteiger partial charge in [-0.2, -0.15) is 5.10 Å². The van der Waals surface area contributed by atoms with Gasteiger partial charge in [0, 0.05) is 26.0 Å². The average Bonchev–Trinajstić information content (AvgIpc) is 2.44. The lowest BCUT2D eigenvalue weighted by Gasteiger charge is -2.19. The van der Waals surface area contributed by atoms with Gasteiger partial charge in [0.15, 0.2) is 0 Å². The van der Waals surface area contributed by atoms with Crippen LogP contribution in [0.5, 0.6) is 0 Å². The van der Waals surface area contributed by atoms with Crippen LogP contribution in [0.2, 0.25) is 0 Å². The summed E-state index contributed by atoms with van der Waals surface area (Å²) in [4.78, 5) is 2.30. The van der Waals surface area contributed by atoms with Crippen LogP contribution >= 0.6 is 27.5 Å². The van der Waals surface area contributed by atoms with Crippen LogP contribution in [0, 0.1) is 6.92 Å². The van der Waals surface area contributed by atoms with Crippen molar-refractivity contribution in [3.63, 3.8) is 0 Å². The van der Waals surface area contributed by atoms with Crippen molar-refractivity contribution in [2.75, 3.05) is 19.0 Å². The quantitative estimate of drug-likeness (QED) is 0.778. The van der Waals surface area contributed by atoms with Crippen LogP contribution in [-0.2, 0) is 13.6 Å². The molecule has 0 aliphatic heterocycles. The molecule has 5 heteroatoms. The topological polar surface area (TPSA) is 21.1 Å². The van der Waals surface area contributed by atoms with Gasteiger partial charge >= 0.3 is 0 Å². The van der Waals surface area contributed by atoms with E-state index in [-0.39, 0.29) is 0 Å².